The highest BCUT2D eigenvalue weighted by molar-refractivity contribution is 6.09. The fourth-order valence-electron chi connectivity index (χ4n) is 4.04. The highest BCUT2D eigenvalue weighted by atomic mass is 16.1. The lowest BCUT2D eigenvalue weighted by molar-refractivity contribution is 0.0933. The number of aryl methyl sites for hydroxylation is 1. The van der Waals surface area contributed by atoms with Crippen molar-refractivity contribution in [2.75, 3.05) is 0 Å². The lowest BCUT2D eigenvalue weighted by Crippen LogP contribution is -2.30. The Morgan fingerprint density at radius 2 is 1.96 bits per heavy atom. The van der Waals surface area contributed by atoms with Crippen molar-refractivity contribution in [1.82, 2.24) is 15.3 Å². The van der Waals surface area contributed by atoms with Crippen LogP contribution in [0.1, 0.15) is 40.4 Å². The van der Waals surface area contributed by atoms with Crippen LogP contribution in [-0.2, 0) is 6.42 Å². The number of carbonyl (C=O) groups excluding carboxylic acids is 1. The number of amides is 1. The van der Waals surface area contributed by atoms with Crippen molar-refractivity contribution in [3.63, 3.8) is 0 Å². The molecule has 0 radical (unpaired) electrons. The number of aromatic nitrogens is 2. The first kappa shape index (κ1) is 15.1. The molecule has 26 heavy (non-hydrogen) atoms. The molecule has 0 spiro atoms. The van der Waals surface area contributed by atoms with E-state index in [1.54, 1.807) is 6.20 Å². The maximum Gasteiger partial charge on any atom is 0.251 e. The summed E-state index contributed by atoms with van der Waals surface area (Å²) in [4.78, 5) is 20.3. The van der Waals surface area contributed by atoms with Gasteiger partial charge in [0.15, 0.2) is 0 Å². The number of nitrogens with zero attached hydrogens (tertiary/aromatic N) is 1. The molecule has 5 rings (SSSR count). The summed E-state index contributed by atoms with van der Waals surface area (Å²) in [5.41, 5.74) is 5.23. The van der Waals surface area contributed by atoms with Gasteiger partial charge < -0.3 is 10.3 Å². The second-order valence-corrected chi connectivity index (χ2v) is 6.92. The number of pyridine rings is 1. The van der Waals surface area contributed by atoms with Crippen LogP contribution >= 0.6 is 0 Å². The van der Waals surface area contributed by atoms with Crippen LogP contribution < -0.4 is 5.32 Å². The predicted octanol–water partition coefficient (Wildman–Crippen LogP) is 4.52. The molecule has 4 aromatic rings. The summed E-state index contributed by atoms with van der Waals surface area (Å²) < 4.78 is 0. The van der Waals surface area contributed by atoms with Crippen LogP contribution in [-0.4, -0.2) is 15.9 Å². The Morgan fingerprint density at radius 1 is 1.08 bits per heavy atom. The highest BCUT2D eigenvalue weighted by Crippen LogP contribution is 2.30. The van der Waals surface area contributed by atoms with E-state index in [2.05, 4.69) is 33.5 Å². The Morgan fingerprint density at radius 3 is 2.92 bits per heavy atom. The van der Waals surface area contributed by atoms with Gasteiger partial charge in [-0.05, 0) is 48.6 Å². The Kier molecular flexibility index (Phi) is 3.49. The zero-order valence-corrected chi connectivity index (χ0v) is 14.3. The average Bonchev–Trinajstić information content (AvgIpc) is 3.06. The normalized spacial score (nSPS) is 16.5. The maximum atomic E-state index is 12.8. The van der Waals surface area contributed by atoms with Crippen molar-refractivity contribution < 1.29 is 4.79 Å². The largest absolute Gasteiger partial charge is 0.353 e. The zero-order valence-electron chi connectivity index (χ0n) is 14.3. The monoisotopic (exact) mass is 341 g/mol. The minimum absolute atomic E-state index is 0.0228. The van der Waals surface area contributed by atoms with Crippen LogP contribution in [0.25, 0.3) is 21.8 Å². The molecule has 0 bridgehead atoms. The molecule has 0 saturated carbocycles. The van der Waals surface area contributed by atoms with E-state index in [-0.39, 0.29) is 11.9 Å². The van der Waals surface area contributed by atoms with Crippen LogP contribution in [0.3, 0.4) is 0 Å². The number of H-pyrrole nitrogens is 1. The number of hydrogen-bond donors (Lipinski definition) is 2. The van der Waals surface area contributed by atoms with Crippen molar-refractivity contribution in [1.29, 1.82) is 0 Å². The number of benzene rings is 2. The Balaban J connectivity index is 1.47. The van der Waals surface area contributed by atoms with Gasteiger partial charge in [0.05, 0.1) is 17.8 Å². The van der Waals surface area contributed by atoms with E-state index >= 15 is 0 Å². The Hall–Kier alpha value is -3.14. The molecule has 1 aliphatic carbocycles. The summed E-state index contributed by atoms with van der Waals surface area (Å²) in [6, 6.07) is 16.3. The van der Waals surface area contributed by atoms with Crippen molar-refractivity contribution >= 4 is 27.7 Å². The summed E-state index contributed by atoms with van der Waals surface area (Å²) in [6.07, 6.45) is 6.79. The number of hydrogen-bond acceptors (Lipinski definition) is 2. The van der Waals surface area contributed by atoms with Gasteiger partial charge in [-0.25, -0.2) is 0 Å². The lowest BCUT2D eigenvalue weighted by Gasteiger charge is -2.26. The molecule has 2 N–H and O–H groups in total. The molecule has 1 atom stereocenters. The third-order valence-electron chi connectivity index (χ3n) is 5.34. The van der Waals surface area contributed by atoms with E-state index < -0.39 is 0 Å². The first-order valence-corrected chi connectivity index (χ1v) is 9.04. The average molecular weight is 341 g/mol. The SMILES string of the molecule is O=C(NC1CCCc2ccccc21)c1ccc2c(c1)[nH]c1cnccc12. The predicted molar refractivity (Wildman–Crippen MR) is 103 cm³/mol. The van der Waals surface area contributed by atoms with E-state index in [4.69, 9.17) is 0 Å². The fourth-order valence-corrected chi connectivity index (χ4v) is 4.04. The molecule has 2 aromatic heterocycles. The molecule has 0 aliphatic heterocycles. The molecule has 4 heteroatoms. The van der Waals surface area contributed by atoms with Gasteiger partial charge in [-0.15, -0.1) is 0 Å². The van der Waals surface area contributed by atoms with E-state index in [0.717, 1.165) is 41.1 Å². The smallest absolute Gasteiger partial charge is 0.251 e. The van der Waals surface area contributed by atoms with Gasteiger partial charge in [0, 0.05) is 28.0 Å². The molecule has 1 aliphatic rings. The molecule has 1 amide bonds. The van der Waals surface area contributed by atoms with Crippen LogP contribution in [0.15, 0.2) is 60.9 Å². The first-order chi connectivity index (χ1) is 12.8. The fraction of sp³-hybridized carbons (Fsp3) is 0.182. The number of rotatable bonds is 2. The van der Waals surface area contributed by atoms with Crippen molar-refractivity contribution in [3.05, 3.63) is 77.6 Å². The molecular formula is C22H19N3O. The molecule has 1 unspecified atom stereocenters. The third kappa shape index (κ3) is 2.46. The van der Waals surface area contributed by atoms with E-state index in [9.17, 15) is 4.79 Å². The third-order valence-corrected chi connectivity index (χ3v) is 5.34. The number of nitrogens with one attached hydrogen (secondary N) is 2. The van der Waals surface area contributed by atoms with Crippen LogP contribution in [0.5, 0.6) is 0 Å². The van der Waals surface area contributed by atoms with Crippen molar-refractivity contribution in [2.24, 2.45) is 0 Å². The van der Waals surface area contributed by atoms with Crippen LogP contribution in [0, 0.1) is 0 Å². The van der Waals surface area contributed by atoms with E-state index in [1.165, 1.54) is 11.1 Å². The summed E-state index contributed by atoms with van der Waals surface area (Å²) in [5.74, 6) is -0.0228. The van der Waals surface area contributed by atoms with Gasteiger partial charge >= 0.3 is 0 Å². The van der Waals surface area contributed by atoms with E-state index in [0.29, 0.717) is 5.56 Å². The highest BCUT2D eigenvalue weighted by Gasteiger charge is 2.22. The standard InChI is InChI=1S/C22H19N3O/c26-22(25-19-7-3-5-14-4-1-2-6-16(14)19)15-8-9-17-18-10-11-23-13-21(18)24-20(17)12-15/h1-2,4,6,8-13,19,24H,3,5,7H2,(H,25,26). The molecule has 0 saturated heterocycles. The van der Waals surface area contributed by atoms with Crippen molar-refractivity contribution in [3.8, 4) is 0 Å². The number of carbonyl (C=O) groups is 1. The second-order valence-electron chi connectivity index (χ2n) is 6.92. The summed E-state index contributed by atoms with van der Waals surface area (Å²) in [7, 11) is 0. The molecule has 0 fully saturated rings. The second kappa shape index (κ2) is 5.99. The molecular weight excluding hydrogens is 322 g/mol. The van der Waals surface area contributed by atoms with E-state index in [1.807, 2.05) is 36.5 Å². The number of aromatic amines is 1. The van der Waals surface area contributed by atoms with Crippen LogP contribution in [0.2, 0.25) is 0 Å². The number of fused-ring (bicyclic) bond motifs is 4. The quantitative estimate of drug-likeness (QED) is 0.563. The zero-order chi connectivity index (χ0) is 17.5. The molecule has 4 nitrogen and oxygen atoms in total. The van der Waals surface area contributed by atoms with Gasteiger partial charge in [0.2, 0.25) is 0 Å². The van der Waals surface area contributed by atoms with Gasteiger partial charge in [-0.3, -0.25) is 9.78 Å². The van der Waals surface area contributed by atoms with Gasteiger partial charge in [0.1, 0.15) is 0 Å². The molecule has 2 heterocycles. The minimum atomic E-state index is -0.0228. The van der Waals surface area contributed by atoms with Gasteiger partial charge in [0.25, 0.3) is 5.91 Å². The van der Waals surface area contributed by atoms with Gasteiger partial charge in [-0.1, -0.05) is 30.3 Å². The minimum Gasteiger partial charge on any atom is -0.353 e. The first-order valence-electron chi connectivity index (χ1n) is 9.04. The van der Waals surface area contributed by atoms with Gasteiger partial charge in [-0.2, -0.15) is 0 Å². The summed E-state index contributed by atoms with van der Waals surface area (Å²) >= 11 is 0. The van der Waals surface area contributed by atoms with Crippen molar-refractivity contribution in [2.45, 2.75) is 25.3 Å². The molecule has 128 valence electrons. The maximum absolute atomic E-state index is 12.8. The summed E-state index contributed by atoms with van der Waals surface area (Å²) in [5, 5.41) is 5.47. The molecule has 2 aromatic carbocycles. The lowest BCUT2D eigenvalue weighted by atomic mass is 9.87. The Bertz CT molecular complexity index is 1130. The summed E-state index contributed by atoms with van der Waals surface area (Å²) in [6.45, 7) is 0. The Labute approximate surface area is 151 Å². The topological polar surface area (TPSA) is 57.8 Å². The van der Waals surface area contributed by atoms with Crippen LogP contribution in [0.4, 0.5) is 0 Å².